The summed E-state index contributed by atoms with van der Waals surface area (Å²) in [5, 5.41) is 0. The summed E-state index contributed by atoms with van der Waals surface area (Å²) in [6.45, 7) is 1.14. The Labute approximate surface area is 101 Å². The zero-order valence-electron chi connectivity index (χ0n) is 9.54. The van der Waals surface area contributed by atoms with Crippen molar-refractivity contribution in [3.63, 3.8) is 0 Å². The number of rotatable bonds is 3. The van der Waals surface area contributed by atoms with Gasteiger partial charge in [-0.1, -0.05) is 12.1 Å². The van der Waals surface area contributed by atoms with Crippen LogP contribution in [0, 0.1) is 5.92 Å². The third-order valence-electron chi connectivity index (χ3n) is 3.82. The fourth-order valence-electron chi connectivity index (χ4n) is 2.72. The van der Waals surface area contributed by atoms with Gasteiger partial charge in [0.15, 0.2) is 0 Å². The highest BCUT2D eigenvalue weighted by atomic mass is 32.2. The molecule has 1 aromatic carbocycles. The van der Waals surface area contributed by atoms with E-state index < -0.39 is 10.0 Å². The Morgan fingerprint density at radius 1 is 1.24 bits per heavy atom. The van der Waals surface area contributed by atoms with Crippen LogP contribution in [0.1, 0.15) is 18.4 Å². The molecule has 92 valence electrons. The Kier molecular flexibility index (Phi) is 2.50. The van der Waals surface area contributed by atoms with Crippen molar-refractivity contribution in [1.29, 1.82) is 0 Å². The lowest BCUT2D eigenvalue weighted by atomic mass is 9.87. The molecule has 2 bridgehead atoms. The summed E-state index contributed by atoms with van der Waals surface area (Å²) in [4.78, 5) is 0.391. The van der Waals surface area contributed by atoms with Gasteiger partial charge >= 0.3 is 0 Å². The largest absolute Gasteiger partial charge is 0.326 e. The Bertz CT molecular complexity index is 518. The SMILES string of the molecule is NCc1ccc(S(=O)(=O)N2CC3CC2C3)cc1. The van der Waals surface area contributed by atoms with Crippen LogP contribution in [-0.2, 0) is 16.6 Å². The average Bonchev–Trinajstić information content (AvgIpc) is 2.88. The van der Waals surface area contributed by atoms with Gasteiger partial charge in [0.05, 0.1) is 4.90 Å². The van der Waals surface area contributed by atoms with E-state index in [1.807, 2.05) is 0 Å². The average molecular weight is 252 g/mol. The van der Waals surface area contributed by atoms with Crippen molar-refractivity contribution >= 4 is 10.0 Å². The van der Waals surface area contributed by atoms with Gasteiger partial charge in [0, 0.05) is 19.1 Å². The molecule has 0 atom stereocenters. The molecule has 0 aromatic heterocycles. The first-order chi connectivity index (χ1) is 8.11. The third kappa shape index (κ3) is 1.69. The van der Waals surface area contributed by atoms with Gasteiger partial charge < -0.3 is 5.73 Å². The second kappa shape index (κ2) is 3.80. The van der Waals surface area contributed by atoms with Gasteiger partial charge in [0.25, 0.3) is 0 Å². The van der Waals surface area contributed by atoms with E-state index in [1.54, 1.807) is 28.6 Å². The number of nitrogens with two attached hydrogens (primary N) is 1. The predicted octanol–water partition coefficient (Wildman–Crippen LogP) is 0.928. The summed E-state index contributed by atoms with van der Waals surface area (Å²) < 4.78 is 26.4. The number of hydrogen-bond acceptors (Lipinski definition) is 3. The van der Waals surface area contributed by atoms with Gasteiger partial charge in [-0.25, -0.2) is 8.42 Å². The van der Waals surface area contributed by atoms with Gasteiger partial charge in [0.2, 0.25) is 10.0 Å². The summed E-state index contributed by atoms with van der Waals surface area (Å²) in [6.07, 6.45) is 2.08. The summed E-state index contributed by atoms with van der Waals surface area (Å²) in [5.74, 6) is 0.595. The zero-order valence-corrected chi connectivity index (χ0v) is 10.4. The second-order valence-corrected chi connectivity index (χ2v) is 6.80. The zero-order chi connectivity index (χ0) is 12.0. The molecule has 4 nitrogen and oxygen atoms in total. The Balaban J connectivity index is 1.91. The molecule has 0 spiro atoms. The van der Waals surface area contributed by atoms with E-state index in [-0.39, 0.29) is 6.04 Å². The first kappa shape index (κ1) is 11.2. The minimum atomic E-state index is -3.28. The number of fused-ring (bicyclic) bond motifs is 1. The van der Waals surface area contributed by atoms with Gasteiger partial charge in [0.1, 0.15) is 0 Å². The number of sulfonamides is 1. The molecular formula is C12H16N2O2S. The Morgan fingerprint density at radius 2 is 1.88 bits per heavy atom. The molecule has 4 rings (SSSR count). The van der Waals surface area contributed by atoms with Crippen LogP contribution in [-0.4, -0.2) is 25.3 Å². The number of nitrogens with zero attached hydrogens (tertiary/aromatic N) is 1. The minimum Gasteiger partial charge on any atom is -0.326 e. The van der Waals surface area contributed by atoms with Crippen molar-refractivity contribution in [2.24, 2.45) is 11.7 Å². The molecule has 0 unspecified atom stereocenters. The Morgan fingerprint density at radius 3 is 2.35 bits per heavy atom. The monoisotopic (exact) mass is 252 g/mol. The minimum absolute atomic E-state index is 0.249. The molecule has 1 saturated carbocycles. The molecule has 2 aliphatic heterocycles. The van der Waals surface area contributed by atoms with Crippen molar-refractivity contribution in [1.82, 2.24) is 4.31 Å². The molecule has 2 heterocycles. The maximum Gasteiger partial charge on any atom is 0.243 e. The smallest absolute Gasteiger partial charge is 0.243 e. The quantitative estimate of drug-likeness (QED) is 0.870. The van der Waals surface area contributed by atoms with Crippen LogP contribution in [0.25, 0.3) is 0 Å². The molecule has 0 radical (unpaired) electrons. The van der Waals surface area contributed by atoms with Gasteiger partial charge in [-0.2, -0.15) is 4.31 Å². The molecule has 0 amide bonds. The van der Waals surface area contributed by atoms with Crippen LogP contribution < -0.4 is 5.73 Å². The highest BCUT2D eigenvalue weighted by Gasteiger charge is 2.48. The van der Waals surface area contributed by atoms with Crippen molar-refractivity contribution in [3.05, 3.63) is 29.8 Å². The molecule has 1 aliphatic carbocycles. The predicted molar refractivity (Wildman–Crippen MR) is 64.7 cm³/mol. The van der Waals surface area contributed by atoms with Crippen molar-refractivity contribution in [3.8, 4) is 0 Å². The summed E-state index contributed by atoms with van der Waals surface area (Å²) in [5.41, 5.74) is 6.45. The van der Waals surface area contributed by atoms with Crippen LogP contribution in [0.5, 0.6) is 0 Å². The van der Waals surface area contributed by atoms with Crippen LogP contribution in [0.2, 0.25) is 0 Å². The molecule has 2 N–H and O–H groups in total. The van der Waals surface area contributed by atoms with E-state index in [1.165, 1.54) is 0 Å². The van der Waals surface area contributed by atoms with E-state index in [9.17, 15) is 8.42 Å². The molecular weight excluding hydrogens is 236 g/mol. The van der Waals surface area contributed by atoms with E-state index in [2.05, 4.69) is 0 Å². The molecule has 2 saturated heterocycles. The van der Waals surface area contributed by atoms with Gasteiger partial charge in [-0.15, -0.1) is 0 Å². The molecule has 5 heteroatoms. The topological polar surface area (TPSA) is 63.4 Å². The summed E-state index contributed by atoms with van der Waals surface area (Å²) in [7, 11) is -3.28. The fraction of sp³-hybridized carbons (Fsp3) is 0.500. The van der Waals surface area contributed by atoms with E-state index >= 15 is 0 Å². The van der Waals surface area contributed by atoms with Crippen molar-refractivity contribution in [2.75, 3.05) is 6.54 Å². The standard InChI is InChI=1S/C12H16N2O2S/c13-7-9-1-3-12(4-2-9)17(15,16)14-8-10-5-11(14)6-10/h1-4,10-11H,5-8,13H2. The van der Waals surface area contributed by atoms with Gasteiger partial charge in [-0.3, -0.25) is 0 Å². The molecule has 3 aliphatic rings. The second-order valence-electron chi connectivity index (χ2n) is 4.91. The van der Waals surface area contributed by atoms with Crippen molar-refractivity contribution < 1.29 is 8.42 Å². The number of benzene rings is 1. The molecule has 3 fully saturated rings. The first-order valence-corrected chi connectivity index (χ1v) is 7.36. The van der Waals surface area contributed by atoms with E-state index in [0.29, 0.717) is 23.9 Å². The third-order valence-corrected chi connectivity index (χ3v) is 5.75. The maximum absolute atomic E-state index is 12.4. The Hall–Kier alpha value is -0.910. The lowest BCUT2D eigenvalue weighted by Gasteiger charge is -2.25. The fourth-order valence-corrected chi connectivity index (χ4v) is 4.44. The van der Waals surface area contributed by atoms with Crippen LogP contribution in [0.15, 0.2) is 29.2 Å². The van der Waals surface area contributed by atoms with E-state index in [4.69, 9.17) is 5.73 Å². The molecule has 17 heavy (non-hydrogen) atoms. The lowest BCUT2D eigenvalue weighted by molar-refractivity contribution is 0.326. The van der Waals surface area contributed by atoms with Crippen LogP contribution in [0.3, 0.4) is 0 Å². The summed E-state index contributed by atoms with van der Waals surface area (Å²) in [6, 6.07) is 7.14. The normalized spacial score (nSPS) is 28.1. The lowest BCUT2D eigenvalue weighted by Crippen LogP contribution is -2.34. The highest BCUT2D eigenvalue weighted by molar-refractivity contribution is 7.89. The van der Waals surface area contributed by atoms with Crippen LogP contribution >= 0.6 is 0 Å². The molecule has 1 aromatic rings. The van der Waals surface area contributed by atoms with E-state index in [0.717, 1.165) is 18.4 Å². The highest BCUT2D eigenvalue weighted by Crippen LogP contribution is 2.43. The van der Waals surface area contributed by atoms with Crippen LogP contribution in [0.4, 0.5) is 0 Å². The maximum atomic E-state index is 12.4. The van der Waals surface area contributed by atoms with Gasteiger partial charge in [-0.05, 0) is 36.5 Å². The van der Waals surface area contributed by atoms with Crippen molar-refractivity contribution in [2.45, 2.75) is 30.3 Å². The first-order valence-electron chi connectivity index (χ1n) is 5.92. The summed E-state index contributed by atoms with van der Waals surface area (Å²) >= 11 is 0. The number of hydrogen-bond donors (Lipinski definition) is 1.